The van der Waals surface area contributed by atoms with Gasteiger partial charge in [-0.25, -0.2) is 0 Å². The SMILES string of the molecule is [C-]#[N+]c1c(F)c[c-]c(-c2cccc(C(C)(C)c3cccc(C(c4[c-]cccc4)(c4ccccn4)c4ccccn4)n3)n2)c1F.[Pt+2]. The van der Waals surface area contributed by atoms with Crippen LogP contribution in [0.3, 0.4) is 0 Å². The van der Waals surface area contributed by atoms with Crippen LogP contribution in [-0.2, 0) is 31.9 Å². The predicted octanol–water partition coefficient (Wildman–Crippen LogP) is 8.07. The van der Waals surface area contributed by atoms with Crippen molar-refractivity contribution >= 4 is 5.69 Å². The Morgan fingerprint density at radius 3 is 1.89 bits per heavy atom. The summed E-state index contributed by atoms with van der Waals surface area (Å²) in [5.41, 5.74) is 2.05. The van der Waals surface area contributed by atoms with Crippen molar-refractivity contribution in [1.29, 1.82) is 0 Å². The van der Waals surface area contributed by atoms with Gasteiger partial charge in [0, 0.05) is 35.1 Å². The van der Waals surface area contributed by atoms with E-state index in [9.17, 15) is 4.39 Å². The van der Waals surface area contributed by atoms with E-state index in [-0.39, 0.29) is 32.3 Å². The van der Waals surface area contributed by atoms with Crippen LogP contribution in [0.25, 0.3) is 16.1 Å². The zero-order valence-corrected chi connectivity index (χ0v) is 26.6. The Hall–Kier alpha value is -4.92. The summed E-state index contributed by atoms with van der Waals surface area (Å²) >= 11 is 0. The quantitative estimate of drug-likeness (QED) is 0.154. The molecule has 0 saturated heterocycles. The first-order valence-electron chi connectivity index (χ1n) is 13.9. The van der Waals surface area contributed by atoms with E-state index >= 15 is 4.39 Å². The molecule has 222 valence electrons. The number of aromatic nitrogens is 4. The molecule has 0 aliphatic carbocycles. The van der Waals surface area contributed by atoms with Crippen molar-refractivity contribution in [2.75, 3.05) is 0 Å². The molecule has 0 fully saturated rings. The molecular formula is C37H25F2N5Pt. The van der Waals surface area contributed by atoms with Gasteiger partial charge in [-0.05, 0) is 62.0 Å². The molecule has 4 heterocycles. The molecule has 0 N–H and O–H groups in total. The normalized spacial score (nSPS) is 11.4. The average Bonchev–Trinajstić information content (AvgIpc) is 3.07. The summed E-state index contributed by atoms with van der Waals surface area (Å²) in [5, 5.41) is 0. The maximum absolute atomic E-state index is 15.1. The van der Waals surface area contributed by atoms with Crippen LogP contribution in [0.4, 0.5) is 14.5 Å². The van der Waals surface area contributed by atoms with Crippen LogP contribution in [0.2, 0.25) is 0 Å². The molecule has 45 heavy (non-hydrogen) atoms. The summed E-state index contributed by atoms with van der Waals surface area (Å²) in [6.07, 6.45) is 3.51. The van der Waals surface area contributed by atoms with Gasteiger partial charge in [0.25, 0.3) is 0 Å². The molecule has 6 rings (SSSR count). The summed E-state index contributed by atoms with van der Waals surface area (Å²) in [6, 6.07) is 37.3. The first-order chi connectivity index (χ1) is 21.4. The van der Waals surface area contributed by atoms with Gasteiger partial charge in [0.2, 0.25) is 0 Å². The minimum Gasteiger partial charge on any atom is -0.300 e. The molecule has 8 heteroatoms. The standard InChI is InChI=1S/C37H25F2N5.Pt/c1-36(2,29-18-11-15-28(43-29)26-21-22-27(38)35(40-3)34(26)39)30-19-12-20-33(44-30)37(25-13-5-4-6-14-25,31-16-7-9-23-41-31)32-17-8-10-24-42-32;/h4-13,15-20,22-24H,1-2H3;/q-2;+2. The monoisotopic (exact) mass is 772 g/mol. The second kappa shape index (κ2) is 13.0. The van der Waals surface area contributed by atoms with E-state index < -0.39 is 28.2 Å². The van der Waals surface area contributed by atoms with Crippen LogP contribution >= 0.6 is 0 Å². The van der Waals surface area contributed by atoms with Crippen LogP contribution in [0.15, 0.2) is 116 Å². The molecular weight excluding hydrogens is 748 g/mol. The van der Waals surface area contributed by atoms with E-state index in [1.165, 1.54) is 0 Å². The molecule has 0 aliphatic rings. The van der Waals surface area contributed by atoms with Crippen molar-refractivity contribution in [3.05, 3.63) is 185 Å². The predicted molar refractivity (Wildman–Crippen MR) is 164 cm³/mol. The number of rotatable bonds is 7. The molecule has 0 aliphatic heterocycles. The number of halogens is 2. The zero-order chi connectivity index (χ0) is 30.7. The molecule has 0 saturated carbocycles. The summed E-state index contributed by atoms with van der Waals surface area (Å²) in [4.78, 5) is 22.6. The average molecular weight is 773 g/mol. The minimum atomic E-state index is -0.993. The topological polar surface area (TPSA) is 55.9 Å². The van der Waals surface area contributed by atoms with Gasteiger partial charge in [0.15, 0.2) is 5.69 Å². The number of benzene rings is 2. The van der Waals surface area contributed by atoms with E-state index in [2.05, 4.69) is 17.0 Å². The van der Waals surface area contributed by atoms with Crippen LogP contribution in [0, 0.1) is 30.3 Å². The van der Waals surface area contributed by atoms with E-state index in [1.54, 1.807) is 24.5 Å². The van der Waals surface area contributed by atoms with Gasteiger partial charge < -0.3 is 4.98 Å². The van der Waals surface area contributed by atoms with Gasteiger partial charge in [-0.2, -0.15) is 30.3 Å². The molecule has 0 bridgehead atoms. The second-order valence-electron chi connectivity index (χ2n) is 10.7. The summed E-state index contributed by atoms with van der Waals surface area (Å²) in [5.74, 6) is -1.95. The maximum atomic E-state index is 15.1. The fraction of sp³-hybridized carbons (Fsp3) is 0.108. The van der Waals surface area contributed by atoms with E-state index in [0.29, 0.717) is 17.1 Å². The summed E-state index contributed by atoms with van der Waals surface area (Å²) in [7, 11) is 0. The second-order valence-corrected chi connectivity index (χ2v) is 10.7. The van der Waals surface area contributed by atoms with Gasteiger partial charge in [0.05, 0.1) is 34.8 Å². The Morgan fingerprint density at radius 1 is 0.689 bits per heavy atom. The first-order valence-corrected chi connectivity index (χ1v) is 13.9. The van der Waals surface area contributed by atoms with Crippen LogP contribution in [0.1, 0.15) is 47.9 Å². The summed E-state index contributed by atoms with van der Waals surface area (Å²) in [6.45, 7) is 11.2. The maximum Gasteiger partial charge on any atom is 2.00 e. The van der Waals surface area contributed by atoms with Crippen molar-refractivity contribution < 1.29 is 29.8 Å². The fourth-order valence-corrected chi connectivity index (χ4v) is 5.43. The smallest absolute Gasteiger partial charge is 0.300 e. The number of hydrogen-bond acceptors (Lipinski definition) is 4. The molecule has 0 atom stereocenters. The van der Waals surface area contributed by atoms with E-state index in [1.807, 2.05) is 98.8 Å². The molecule has 0 radical (unpaired) electrons. The Morgan fingerprint density at radius 2 is 1.29 bits per heavy atom. The Labute approximate surface area is 275 Å². The number of nitrogens with zero attached hydrogens (tertiary/aromatic N) is 5. The molecule has 2 aromatic carbocycles. The fourth-order valence-electron chi connectivity index (χ4n) is 5.43. The van der Waals surface area contributed by atoms with Crippen molar-refractivity contribution in [3.63, 3.8) is 0 Å². The van der Waals surface area contributed by atoms with E-state index in [0.717, 1.165) is 23.0 Å². The molecule has 6 aromatic rings. The van der Waals surface area contributed by atoms with Gasteiger partial charge in [-0.3, -0.25) is 28.6 Å². The largest absolute Gasteiger partial charge is 2.00 e. The molecule has 0 amide bonds. The van der Waals surface area contributed by atoms with Crippen molar-refractivity contribution in [2.45, 2.75) is 24.7 Å². The number of pyridine rings is 4. The number of hydrogen-bond donors (Lipinski definition) is 0. The molecule has 0 spiro atoms. The van der Waals surface area contributed by atoms with Crippen LogP contribution < -0.4 is 0 Å². The molecule has 0 unspecified atom stereocenters. The van der Waals surface area contributed by atoms with Crippen molar-refractivity contribution in [3.8, 4) is 11.3 Å². The van der Waals surface area contributed by atoms with Gasteiger partial charge in [-0.1, -0.05) is 30.3 Å². The van der Waals surface area contributed by atoms with Crippen LogP contribution in [-0.4, -0.2) is 19.9 Å². The van der Waals surface area contributed by atoms with Crippen LogP contribution in [0.5, 0.6) is 0 Å². The first kappa shape index (κ1) is 31.5. The Balaban J connectivity index is 0.00000400. The van der Waals surface area contributed by atoms with Gasteiger partial charge in [-0.15, -0.1) is 23.3 Å². The van der Waals surface area contributed by atoms with Gasteiger partial charge in [0.1, 0.15) is 0 Å². The Kier molecular flexibility index (Phi) is 9.08. The molecule has 4 aromatic heterocycles. The molecule has 5 nitrogen and oxygen atoms in total. The summed E-state index contributed by atoms with van der Waals surface area (Å²) < 4.78 is 29.1. The zero-order valence-electron chi connectivity index (χ0n) is 24.3. The minimum absolute atomic E-state index is 0. The third-order valence-electron chi connectivity index (χ3n) is 7.74. The van der Waals surface area contributed by atoms with Crippen molar-refractivity contribution in [1.82, 2.24) is 19.9 Å². The third kappa shape index (κ3) is 5.59. The van der Waals surface area contributed by atoms with E-state index in [4.69, 9.17) is 26.5 Å². The Bertz CT molecular complexity index is 1880. The van der Waals surface area contributed by atoms with Crippen molar-refractivity contribution in [2.24, 2.45) is 0 Å². The van der Waals surface area contributed by atoms with Gasteiger partial charge >= 0.3 is 21.1 Å². The third-order valence-corrected chi connectivity index (χ3v) is 7.74.